The number of amides is 1. The van der Waals surface area contributed by atoms with Crippen molar-refractivity contribution < 1.29 is 9.18 Å². The van der Waals surface area contributed by atoms with Crippen LogP contribution in [0.2, 0.25) is 0 Å². The first kappa shape index (κ1) is 21.6. The molecule has 6 nitrogen and oxygen atoms in total. The van der Waals surface area contributed by atoms with Gasteiger partial charge in [0.05, 0.1) is 4.47 Å². The molecule has 1 fully saturated rings. The van der Waals surface area contributed by atoms with Gasteiger partial charge >= 0.3 is 0 Å². The molecule has 0 aliphatic carbocycles. The molecule has 0 bridgehead atoms. The monoisotopic (exact) mass is 441 g/mol. The third-order valence-electron chi connectivity index (χ3n) is 4.36. The summed E-state index contributed by atoms with van der Waals surface area (Å²) in [6, 6.07) is 5.44. The van der Waals surface area contributed by atoms with Crippen LogP contribution < -0.4 is 10.6 Å². The first-order valence-corrected chi connectivity index (χ1v) is 10.1. The fourth-order valence-corrected chi connectivity index (χ4v) is 3.27. The second-order valence-corrected chi connectivity index (χ2v) is 7.81. The number of guanidine groups is 1. The number of halogens is 2. The fourth-order valence-electron chi connectivity index (χ4n) is 3.03. The zero-order valence-corrected chi connectivity index (χ0v) is 17.9. The summed E-state index contributed by atoms with van der Waals surface area (Å²) in [5, 5.41) is 6.14. The van der Waals surface area contributed by atoms with Crippen LogP contribution in [0.5, 0.6) is 0 Å². The van der Waals surface area contributed by atoms with Crippen molar-refractivity contribution in [3.8, 4) is 0 Å². The SMILES string of the molecule is CN=C(NCCC(=O)NC(C)C)N1CCN(Cc2ccc(Br)c(F)c2)CC1. The minimum atomic E-state index is -0.225. The molecule has 1 amide bonds. The van der Waals surface area contributed by atoms with Gasteiger partial charge in [-0.25, -0.2) is 4.39 Å². The predicted molar refractivity (Wildman–Crippen MR) is 110 cm³/mol. The molecular weight excluding hydrogens is 413 g/mol. The summed E-state index contributed by atoms with van der Waals surface area (Å²) in [4.78, 5) is 20.5. The van der Waals surface area contributed by atoms with E-state index >= 15 is 0 Å². The molecule has 0 unspecified atom stereocenters. The fraction of sp³-hybridized carbons (Fsp3) is 0.579. The van der Waals surface area contributed by atoms with Gasteiger partial charge in [0.25, 0.3) is 0 Å². The van der Waals surface area contributed by atoms with Crippen LogP contribution in [0, 0.1) is 5.82 Å². The Morgan fingerprint density at radius 1 is 1.30 bits per heavy atom. The molecule has 1 saturated heterocycles. The van der Waals surface area contributed by atoms with Crippen molar-refractivity contribution in [1.82, 2.24) is 20.4 Å². The molecule has 2 rings (SSSR count). The normalized spacial score (nSPS) is 15.9. The highest BCUT2D eigenvalue weighted by Crippen LogP contribution is 2.18. The number of benzene rings is 1. The van der Waals surface area contributed by atoms with Crippen LogP contribution in [0.25, 0.3) is 0 Å². The van der Waals surface area contributed by atoms with E-state index in [1.54, 1.807) is 19.2 Å². The third-order valence-corrected chi connectivity index (χ3v) is 5.00. The van der Waals surface area contributed by atoms with Gasteiger partial charge in [0.1, 0.15) is 5.82 Å². The molecule has 1 aliphatic rings. The van der Waals surface area contributed by atoms with Crippen molar-refractivity contribution in [2.75, 3.05) is 39.8 Å². The lowest BCUT2D eigenvalue weighted by molar-refractivity contribution is -0.121. The number of nitrogens with zero attached hydrogens (tertiary/aromatic N) is 3. The standard InChI is InChI=1S/C19H29BrFN5O/c1-14(2)24-18(27)6-7-23-19(22-3)26-10-8-25(9-11-26)13-15-4-5-16(20)17(21)12-15/h4-5,12,14H,6-11,13H2,1-3H3,(H,22,23)(H,24,27). The number of aliphatic imine (C=N–C) groups is 1. The number of hydrogen-bond acceptors (Lipinski definition) is 3. The van der Waals surface area contributed by atoms with Gasteiger partial charge in [-0.3, -0.25) is 14.7 Å². The van der Waals surface area contributed by atoms with E-state index in [0.29, 0.717) is 17.4 Å². The summed E-state index contributed by atoms with van der Waals surface area (Å²) in [6.45, 7) is 8.65. The molecule has 0 saturated carbocycles. The second-order valence-electron chi connectivity index (χ2n) is 6.96. The molecule has 1 aromatic rings. The Morgan fingerprint density at radius 3 is 2.59 bits per heavy atom. The van der Waals surface area contributed by atoms with Gasteiger partial charge in [-0.2, -0.15) is 0 Å². The second kappa shape index (κ2) is 10.6. The number of rotatable bonds is 6. The number of piperazine rings is 1. The molecule has 0 atom stereocenters. The van der Waals surface area contributed by atoms with Gasteiger partial charge in [-0.15, -0.1) is 0 Å². The topological polar surface area (TPSA) is 60.0 Å². The largest absolute Gasteiger partial charge is 0.356 e. The van der Waals surface area contributed by atoms with E-state index in [0.717, 1.165) is 44.2 Å². The van der Waals surface area contributed by atoms with Gasteiger partial charge in [-0.05, 0) is 47.5 Å². The van der Waals surface area contributed by atoms with Gasteiger partial charge < -0.3 is 15.5 Å². The van der Waals surface area contributed by atoms with E-state index in [1.807, 2.05) is 19.9 Å². The van der Waals surface area contributed by atoms with Crippen molar-refractivity contribution in [2.24, 2.45) is 4.99 Å². The average molecular weight is 442 g/mol. The first-order valence-electron chi connectivity index (χ1n) is 9.30. The molecule has 0 aromatic heterocycles. The van der Waals surface area contributed by atoms with Crippen molar-refractivity contribution in [2.45, 2.75) is 32.9 Å². The van der Waals surface area contributed by atoms with Crippen LogP contribution in [0.4, 0.5) is 4.39 Å². The third kappa shape index (κ3) is 7.10. The Bertz CT molecular complexity index is 660. The highest BCUT2D eigenvalue weighted by atomic mass is 79.9. The number of carbonyl (C=O) groups excluding carboxylic acids is 1. The minimum Gasteiger partial charge on any atom is -0.356 e. The summed E-state index contributed by atoms with van der Waals surface area (Å²) >= 11 is 3.19. The highest BCUT2D eigenvalue weighted by Gasteiger charge is 2.20. The van der Waals surface area contributed by atoms with Crippen LogP contribution in [-0.4, -0.2) is 67.5 Å². The lowest BCUT2D eigenvalue weighted by Crippen LogP contribution is -2.52. The van der Waals surface area contributed by atoms with Crippen molar-refractivity contribution in [3.63, 3.8) is 0 Å². The maximum atomic E-state index is 13.7. The minimum absolute atomic E-state index is 0.0412. The molecule has 1 heterocycles. The van der Waals surface area contributed by atoms with Gasteiger partial charge in [0, 0.05) is 58.8 Å². The van der Waals surface area contributed by atoms with Crippen molar-refractivity contribution >= 4 is 27.8 Å². The molecule has 0 radical (unpaired) electrons. The molecule has 150 valence electrons. The van der Waals surface area contributed by atoms with Gasteiger partial charge in [-0.1, -0.05) is 6.07 Å². The van der Waals surface area contributed by atoms with Crippen LogP contribution >= 0.6 is 15.9 Å². The molecule has 1 aromatic carbocycles. The maximum absolute atomic E-state index is 13.7. The Morgan fingerprint density at radius 2 is 2.00 bits per heavy atom. The number of carbonyl (C=O) groups is 1. The van der Waals surface area contributed by atoms with E-state index in [2.05, 4.69) is 41.4 Å². The van der Waals surface area contributed by atoms with Crippen LogP contribution in [0.3, 0.4) is 0 Å². The molecule has 1 aliphatic heterocycles. The van der Waals surface area contributed by atoms with Gasteiger partial charge in [0.2, 0.25) is 5.91 Å². The Hall–Kier alpha value is -1.67. The zero-order valence-electron chi connectivity index (χ0n) is 16.3. The Balaban J connectivity index is 1.76. The van der Waals surface area contributed by atoms with Gasteiger partial charge in [0.15, 0.2) is 5.96 Å². The first-order chi connectivity index (χ1) is 12.9. The number of nitrogens with one attached hydrogen (secondary N) is 2. The number of hydrogen-bond donors (Lipinski definition) is 2. The smallest absolute Gasteiger partial charge is 0.221 e. The van der Waals surface area contributed by atoms with Crippen molar-refractivity contribution in [1.29, 1.82) is 0 Å². The molecular formula is C19H29BrFN5O. The van der Waals surface area contributed by atoms with E-state index in [-0.39, 0.29) is 17.8 Å². The summed E-state index contributed by atoms with van der Waals surface area (Å²) in [7, 11) is 1.76. The Labute approximate surface area is 169 Å². The van der Waals surface area contributed by atoms with E-state index in [9.17, 15) is 9.18 Å². The highest BCUT2D eigenvalue weighted by molar-refractivity contribution is 9.10. The van der Waals surface area contributed by atoms with E-state index in [1.165, 1.54) is 0 Å². The molecule has 27 heavy (non-hydrogen) atoms. The lowest BCUT2D eigenvalue weighted by atomic mass is 10.2. The maximum Gasteiger partial charge on any atom is 0.221 e. The van der Waals surface area contributed by atoms with Crippen LogP contribution in [0.1, 0.15) is 25.8 Å². The summed E-state index contributed by atoms with van der Waals surface area (Å²) in [5.74, 6) is 0.637. The van der Waals surface area contributed by atoms with Crippen molar-refractivity contribution in [3.05, 3.63) is 34.1 Å². The lowest BCUT2D eigenvalue weighted by Gasteiger charge is -2.36. The molecule has 0 spiro atoms. The van der Waals surface area contributed by atoms with E-state index in [4.69, 9.17) is 0 Å². The molecule has 8 heteroatoms. The zero-order chi connectivity index (χ0) is 19.8. The average Bonchev–Trinajstić information content (AvgIpc) is 2.62. The molecule has 2 N–H and O–H groups in total. The summed E-state index contributed by atoms with van der Waals surface area (Å²) in [6.07, 6.45) is 0.423. The summed E-state index contributed by atoms with van der Waals surface area (Å²) in [5.41, 5.74) is 0.975. The van der Waals surface area contributed by atoms with Crippen LogP contribution in [-0.2, 0) is 11.3 Å². The van der Waals surface area contributed by atoms with E-state index < -0.39 is 0 Å². The van der Waals surface area contributed by atoms with Crippen LogP contribution in [0.15, 0.2) is 27.7 Å². The Kier molecular flexibility index (Phi) is 8.50. The summed E-state index contributed by atoms with van der Waals surface area (Å²) < 4.78 is 14.2. The predicted octanol–water partition coefficient (Wildman–Crippen LogP) is 2.20. The quantitative estimate of drug-likeness (QED) is 0.524.